The standard InChI is InChI=1S/C13H20N2O2/c1-3-8-17-12-6-4-10(9-11(12)14)5-7-13(16)15-2/h4,6,9H,3,5,7-8,14H2,1-2H3,(H,15,16). The number of hydrogen-bond acceptors (Lipinski definition) is 3. The number of rotatable bonds is 6. The molecule has 0 fully saturated rings. The van der Waals surface area contributed by atoms with E-state index >= 15 is 0 Å². The molecule has 1 aromatic rings. The zero-order valence-corrected chi connectivity index (χ0v) is 10.5. The van der Waals surface area contributed by atoms with Crippen LogP contribution in [-0.4, -0.2) is 19.6 Å². The van der Waals surface area contributed by atoms with Crippen LogP contribution in [-0.2, 0) is 11.2 Å². The molecule has 4 nitrogen and oxygen atoms in total. The number of amides is 1. The van der Waals surface area contributed by atoms with E-state index in [0.29, 0.717) is 25.1 Å². The highest BCUT2D eigenvalue weighted by molar-refractivity contribution is 5.75. The Labute approximate surface area is 102 Å². The van der Waals surface area contributed by atoms with Crippen molar-refractivity contribution in [1.29, 1.82) is 0 Å². The first-order chi connectivity index (χ1) is 8.17. The summed E-state index contributed by atoms with van der Waals surface area (Å²) in [4.78, 5) is 11.1. The van der Waals surface area contributed by atoms with Crippen LogP contribution in [0, 0.1) is 0 Å². The Morgan fingerprint density at radius 1 is 1.47 bits per heavy atom. The van der Waals surface area contributed by atoms with Crippen molar-refractivity contribution in [3.63, 3.8) is 0 Å². The van der Waals surface area contributed by atoms with E-state index in [2.05, 4.69) is 5.32 Å². The quantitative estimate of drug-likeness (QED) is 0.739. The molecule has 4 heteroatoms. The summed E-state index contributed by atoms with van der Waals surface area (Å²) in [7, 11) is 1.64. The van der Waals surface area contributed by atoms with Gasteiger partial charge in [-0.2, -0.15) is 0 Å². The number of hydrogen-bond donors (Lipinski definition) is 2. The molecule has 0 spiro atoms. The fourth-order valence-corrected chi connectivity index (χ4v) is 1.48. The Morgan fingerprint density at radius 3 is 2.82 bits per heavy atom. The summed E-state index contributed by atoms with van der Waals surface area (Å²) in [5.74, 6) is 0.755. The van der Waals surface area contributed by atoms with Crippen molar-refractivity contribution in [3.05, 3.63) is 23.8 Å². The summed E-state index contributed by atoms with van der Waals surface area (Å²) in [6.07, 6.45) is 2.13. The van der Waals surface area contributed by atoms with Gasteiger partial charge in [0.1, 0.15) is 5.75 Å². The molecule has 0 aliphatic heterocycles. The van der Waals surface area contributed by atoms with Crippen molar-refractivity contribution in [2.75, 3.05) is 19.4 Å². The molecule has 3 N–H and O–H groups in total. The molecule has 1 aromatic carbocycles. The van der Waals surface area contributed by atoms with Gasteiger partial charge in [-0.25, -0.2) is 0 Å². The van der Waals surface area contributed by atoms with Gasteiger partial charge < -0.3 is 15.8 Å². The van der Waals surface area contributed by atoms with Crippen LogP contribution in [0.15, 0.2) is 18.2 Å². The minimum Gasteiger partial charge on any atom is -0.491 e. The van der Waals surface area contributed by atoms with Crippen LogP contribution in [0.25, 0.3) is 0 Å². The molecule has 0 saturated heterocycles. The lowest BCUT2D eigenvalue weighted by Gasteiger charge is -2.09. The van der Waals surface area contributed by atoms with E-state index in [4.69, 9.17) is 10.5 Å². The number of benzene rings is 1. The zero-order valence-electron chi connectivity index (χ0n) is 10.5. The fourth-order valence-electron chi connectivity index (χ4n) is 1.48. The number of carbonyl (C=O) groups is 1. The van der Waals surface area contributed by atoms with Crippen LogP contribution in [0.4, 0.5) is 5.69 Å². The molecule has 0 aliphatic rings. The predicted octanol–water partition coefficient (Wildman–Crippen LogP) is 1.74. The average molecular weight is 236 g/mol. The third kappa shape index (κ3) is 4.34. The van der Waals surface area contributed by atoms with E-state index in [1.165, 1.54) is 0 Å². The molecular weight excluding hydrogens is 216 g/mol. The SMILES string of the molecule is CCCOc1ccc(CCC(=O)NC)cc1N. The Balaban J connectivity index is 2.58. The predicted molar refractivity (Wildman–Crippen MR) is 69.0 cm³/mol. The lowest BCUT2D eigenvalue weighted by Crippen LogP contribution is -2.17. The van der Waals surface area contributed by atoms with Crippen molar-refractivity contribution in [3.8, 4) is 5.75 Å². The van der Waals surface area contributed by atoms with E-state index in [0.717, 1.165) is 17.7 Å². The molecular formula is C13H20N2O2. The molecule has 1 rings (SSSR count). The van der Waals surface area contributed by atoms with Crippen LogP contribution in [0.3, 0.4) is 0 Å². The third-order valence-corrected chi connectivity index (χ3v) is 2.46. The Bertz CT molecular complexity index is 378. The van der Waals surface area contributed by atoms with Crippen LogP contribution >= 0.6 is 0 Å². The second-order valence-corrected chi connectivity index (χ2v) is 3.89. The number of nitrogens with one attached hydrogen (secondary N) is 1. The summed E-state index contributed by atoms with van der Waals surface area (Å²) in [6.45, 7) is 2.72. The normalized spacial score (nSPS) is 10.0. The Hall–Kier alpha value is -1.71. The number of carbonyl (C=O) groups excluding carboxylic acids is 1. The second-order valence-electron chi connectivity index (χ2n) is 3.89. The van der Waals surface area contributed by atoms with Gasteiger partial charge in [-0.3, -0.25) is 4.79 Å². The van der Waals surface area contributed by atoms with Gasteiger partial charge in [0.25, 0.3) is 0 Å². The molecule has 0 aromatic heterocycles. The summed E-state index contributed by atoms with van der Waals surface area (Å²) in [6, 6.07) is 5.68. The molecule has 0 saturated carbocycles. The monoisotopic (exact) mass is 236 g/mol. The van der Waals surface area contributed by atoms with Gasteiger partial charge >= 0.3 is 0 Å². The van der Waals surface area contributed by atoms with Crippen LogP contribution in [0.1, 0.15) is 25.3 Å². The highest BCUT2D eigenvalue weighted by Gasteiger charge is 2.04. The average Bonchev–Trinajstić information content (AvgIpc) is 2.34. The third-order valence-electron chi connectivity index (χ3n) is 2.46. The van der Waals surface area contributed by atoms with Gasteiger partial charge in [0.15, 0.2) is 0 Å². The topological polar surface area (TPSA) is 64.3 Å². The van der Waals surface area contributed by atoms with Gasteiger partial charge in [0, 0.05) is 13.5 Å². The summed E-state index contributed by atoms with van der Waals surface area (Å²) >= 11 is 0. The maximum atomic E-state index is 11.1. The van der Waals surface area contributed by atoms with Crippen LogP contribution in [0.2, 0.25) is 0 Å². The van der Waals surface area contributed by atoms with E-state index in [9.17, 15) is 4.79 Å². The maximum Gasteiger partial charge on any atom is 0.220 e. The molecule has 0 atom stereocenters. The Kier molecular flexibility index (Phi) is 5.33. The maximum absolute atomic E-state index is 11.1. The zero-order chi connectivity index (χ0) is 12.7. The van der Waals surface area contributed by atoms with Gasteiger partial charge in [0.2, 0.25) is 5.91 Å². The van der Waals surface area contributed by atoms with Crippen LogP contribution in [0.5, 0.6) is 5.75 Å². The van der Waals surface area contributed by atoms with Crippen LogP contribution < -0.4 is 15.8 Å². The van der Waals surface area contributed by atoms with Crippen molar-refractivity contribution < 1.29 is 9.53 Å². The van der Waals surface area contributed by atoms with Gasteiger partial charge in [0.05, 0.1) is 12.3 Å². The first-order valence-electron chi connectivity index (χ1n) is 5.89. The summed E-state index contributed by atoms with van der Waals surface area (Å²) in [5, 5.41) is 2.59. The fraction of sp³-hybridized carbons (Fsp3) is 0.462. The minimum absolute atomic E-state index is 0.0369. The number of nitrogens with two attached hydrogens (primary N) is 1. The first kappa shape index (κ1) is 13.4. The van der Waals surface area contributed by atoms with E-state index < -0.39 is 0 Å². The highest BCUT2D eigenvalue weighted by Crippen LogP contribution is 2.23. The largest absolute Gasteiger partial charge is 0.491 e. The molecule has 1 amide bonds. The Morgan fingerprint density at radius 2 is 2.24 bits per heavy atom. The number of anilines is 1. The van der Waals surface area contributed by atoms with E-state index in [-0.39, 0.29) is 5.91 Å². The summed E-state index contributed by atoms with van der Waals surface area (Å²) < 4.78 is 5.48. The molecule has 0 aliphatic carbocycles. The van der Waals surface area contributed by atoms with E-state index in [1.54, 1.807) is 7.05 Å². The number of nitrogen functional groups attached to an aromatic ring is 1. The number of aryl methyl sites for hydroxylation is 1. The van der Waals surface area contributed by atoms with Crippen molar-refractivity contribution in [2.24, 2.45) is 0 Å². The second kappa shape index (κ2) is 6.78. The molecule has 94 valence electrons. The van der Waals surface area contributed by atoms with Crippen molar-refractivity contribution in [1.82, 2.24) is 5.32 Å². The molecule has 17 heavy (non-hydrogen) atoms. The van der Waals surface area contributed by atoms with Crippen molar-refractivity contribution in [2.45, 2.75) is 26.2 Å². The minimum atomic E-state index is 0.0369. The van der Waals surface area contributed by atoms with Crippen molar-refractivity contribution >= 4 is 11.6 Å². The van der Waals surface area contributed by atoms with E-state index in [1.807, 2.05) is 25.1 Å². The highest BCUT2D eigenvalue weighted by atomic mass is 16.5. The number of ether oxygens (including phenoxy) is 1. The molecule has 0 radical (unpaired) electrons. The lowest BCUT2D eigenvalue weighted by atomic mass is 10.1. The molecule has 0 unspecified atom stereocenters. The van der Waals surface area contributed by atoms with Gasteiger partial charge in [-0.1, -0.05) is 13.0 Å². The smallest absolute Gasteiger partial charge is 0.220 e. The van der Waals surface area contributed by atoms with Gasteiger partial charge in [-0.15, -0.1) is 0 Å². The first-order valence-corrected chi connectivity index (χ1v) is 5.89. The summed E-state index contributed by atoms with van der Waals surface area (Å²) in [5.41, 5.74) is 7.56. The lowest BCUT2D eigenvalue weighted by molar-refractivity contribution is -0.120. The molecule has 0 bridgehead atoms. The van der Waals surface area contributed by atoms with Gasteiger partial charge in [-0.05, 0) is 30.5 Å². The molecule has 0 heterocycles.